The van der Waals surface area contributed by atoms with Crippen molar-refractivity contribution in [3.05, 3.63) is 9.81 Å². The van der Waals surface area contributed by atoms with Gasteiger partial charge in [0.1, 0.15) is 0 Å². The van der Waals surface area contributed by atoms with E-state index in [2.05, 4.69) is 21.2 Å². The molecule has 10 nitrogen and oxygen atoms in total. The van der Waals surface area contributed by atoms with Crippen molar-refractivity contribution in [2.75, 3.05) is 38.7 Å². The number of urea groups is 2. The summed E-state index contributed by atoms with van der Waals surface area (Å²) >= 11 is 0. The topological polar surface area (TPSA) is 124 Å². The van der Waals surface area contributed by atoms with Crippen molar-refractivity contribution in [2.45, 2.75) is 0 Å². The van der Waals surface area contributed by atoms with Gasteiger partial charge in [0.25, 0.3) is 0 Å². The molecule has 0 radical (unpaired) electrons. The molecule has 0 saturated heterocycles. The molecule has 0 aromatic carbocycles. The van der Waals surface area contributed by atoms with Crippen LogP contribution in [-0.2, 0) is 0 Å². The molecule has 0 fully saturated rings. The van der Waals surface area contributed by atoms with Gasteiger partial charge >= 0.3 is 12.1 Å². The molecule has 0 bridgehead atoms. The fraction of sp³-hybridized carbons (Fsp3) is 0.750. The van der Waals surface area contributed by atoms with Crippen LogP contribution < -0.4 is 10.6 Å². The molecule has 20 heavy (non-hydrogen) atoms. The Balaban J connectivity index is 3.41. The lowest BCUT2D eigenvalue weighted by atomic mass is 10.7. The van der Waals surface area contributed by atoms with Gasteiger partial charge in [-0.1, -0.05) is 21.6 Å². The lowest BCUT2D eigenvalue weighted by Gasteiger charge is -2.09. The maximum atomic E-state index is 11.1. The maximum absolute atomic E-state index is 11.1. The number of rotatable bonds is 9. The SMILES string of the molecule is CN(N=O)C(=O)NCCSSCCNC(=O)N(C)N=O. The number of carbonyl (C=O) groups is 2. The molecule has 0 heterocycles. The minimum absolute atomic E-state index is 0.403. The van der Waals surface area contributed by atoms with Crippen molar-refractivity contribution >= 4 is 33.7 Å². The van der Waals surface area contributed by atoms with Crippen LogP contribution in [0.15, 0.2) is 10.6 Å². The Labute approximate surface area is 123 Å². The van der Waals surface area contributed by atoms with E-state index in [1.54, 1.807) is 0 Å². The van der Waals surface area contributed by atoms with E-state index >= 15 is 0 Å². The van der Waals surface area contributed by atoms with Crippen LogP contribution in [0.4, 0.5) is 9.59 Å². The number of hydrogen-bond donors (Lipinski definition) is 2. The zero-order chi connectivity index (χ0) is 15.4. The van der Waals surface area contributed by atoms with Crippen molar-refractivity contribution < 1.29 is 9.59 Å². The molecule has 114 valence electrons. The third-order valence-electron chi connectivity index (χ3n) is 1.84. The fourth-order valence-corrected chi connectivity index (χ4v) is 2.63. The number of hydrogen-bond acceptors (Lipinski definition) is 8. The first-order valence-electron chi connectivity index (χ1n) is 5.47. The quantitative estimate of drug-likeness (QED) is 0.282. The van der Waals surface area contributed by atoms with Crippen LogP contribution in [0.1, 0.15) is 0 Å². The Morgan fingerprint density at radius 1 is 0.900 bits per heavy atom. The molecule has 0 aromatic rings. The normalized spacial score (nSPS) is 9.50. The summed E-state index contributed by atoms with van der Waals surface area (Å²) in [5, 5.41) is 11.2. The van der Waals surface area contributed by atoms with Gasteiger partial charge in [-0.15, -0.1) is 9.81 Å². The van der Waals surface area contributed by atoms with E-state index in [-0.39, 0.29) is 0 Å². The summed E-state index contributed by atoms with van der Waals surface area (Å²) in [4.78, 5) is 42.2. The van der Waals surface area contributed by atoms with Crippen molar-refractivity contribution in [2.24, 2.45) is 10.6 Å². The summed E-state index contributed by atoms with van der Waals surface area (Å²) < 4.78 is 0. The van der Waals surface area contributed by atoms with E-state index in [1.165, 1.54) is 35.7 Å². The van der Waals surface area contributed by atoms with Gasteiger partial charge in [0.2, 0.25) is 0 Å². The number of nitrogens with zero attached hydrogens (tertiary/aromatic N) is 4. The van der Waals surface area contributed by atoms with Gasteiger partial charge in [-0.25, -0.2) is 9.59 Å². The highest BCUT2D eigenvalue weighted by atomic mass is 33.1. The summed E-state index contributed by atoms with van der Waals surface area (Å²) in [6, 6.07) is -1.11. The van der Waals surface area contributed by atoms with E-state index in [4.69, 9.17) is 0 Å². The Morgan fingerprint density at radius 2 is 1.25 bits per heavy atom. The summed E-state index contributed by atoms with van der Waals surface area (Å²) in [5.41, 5.74) is 0. The molecule has 0 aliphatic rings. The predicted octanol–water partition coefficient (Wildman–Crippen LogP) is 1.01. The first-order valence-corrected chi connectivity index (χ1v) is 7.95. The van der Waals surface area contributed by atoms with Crippen LogP contribution in [-0.4, -0.2) is 60.8 Å². The van der Waals surface area contributed by atoms with Crippen LogP contribution in [0.25, 0.3) is 0 Å². The van der Waals surface area contributed by atoms with Crippen LogP contribution in [0, 0.1) is 9.81 Å². The first-order chi connectivity index (χ1) is 9.52. The summed E-state index contributed by atoms with van der Waals surface area (Å²) in [7, 11) is 5.53. The van der Waals surface area contributed by atoms with Gasteiger partial charge in [-0.2, -0.15) is 10.0 Å². The monoisotopic (exact) mass is 324 g/mol. The van der Waals surface area contributed by atoms with Crippen LogP contribution in [0.5, 0.6) is 0 Å². The fourth-order valence-electron chi connectivity index (χ4n) is 0.820. The van der Waals surface area contributed by atoms with Crippen molar-refractivity contribution in [1.29, 1.82) is 0 Å². The zero-order valence-corrected chi connectivity index (χ0v) is 12.7. The van der Waals surface area contributed by atoms with Gasteiger partial charge in [0.05, 0.1) is 10.6 Å². The average Bonchev–Trinajstić information content (AvgIpc) is 2.47. The van der Waals surface area contributed by atoms with E-state index in [1.807, 2.05) is 0 Å². The van der Waals surface area contributed by atoms with Gasteiger partial charge in [0.15, 0.2) is 0 Å². The van der Waals surface area contributed by atoms with Gasteiger partial charge in [-0.05, 0) is 0 Å². The molecular weight excluding hydrogens is 308 g/mol. The van der Waals surface area contributed by atoms with Gasteiger partial charge in [0, 0.05) is 38.7 Å². The van der Waals surface area contributed by atoms with E-state index in [9.17, 15) is 19.4 Å². The highest BCUT2D eigenvalue weighted by Crippen LogP contribution is 2.19. The maximum Gasteiger partial charge on any atom is 0.340 e. The standard InChI is InChI=1S/C8H16N6O4S2/c1-13(11-17)7(15)9-3-5-19-20-6-4-10-8(16)14(2)12-18/h3-6H2,1-2H3,(H,9,15)(H,10,16). The molecule has 0 rings (SSSR count). The minimum atomic E-state index is -0.553. The van der Waals surface area contributed by atoms with E-state index in [0.717, 1.165) is 0 Å². The molecule has 0 unspecified atom stereocenters. The molecule has 2 N–H and O–H groups in total. The Bertz CT molecular complexity index is 313. The number of nitroso groups, excluding NO2 is 2. The van der Waals surface area contributed by atoms with Crippen molar-refractivity contribution in [3.8, 4) is 0 Å². The second-order valence-corrected chi connectivity index (χ2v) is 6.02. The molecule has 0 spiro atoms. The van der Waals surface area contributed by atoms with Crippen LogP contribution in [0.2, 0.25) is 0 Å². The lowest BCUT2D eigenvalue weighted by Crippen LogP contribution is -2.35. The third-order valence-corrected chi connectivity index (χ3v) is 4.25. The second-order valence-electron chi connectivity index (χ2n) is 3.32. The Kier molecular flexibility index (Phi) is 10.4. The molecule has 0 aliphatic carbocycles. The van der Waals surface area contributed by atoms with Crippen molar-refractivity contribution in [1.82, 2.24) is 20.7 Å². The molecular formula is C8H16N6O4S2. The van der Waals surface area contributed by atoms with E-state index < -0.39 is 12.1 Å². The van der Waals surface area contributed by atoms with Crippen LogP contribution >= 0.6 is 21.6 Å². The Morgan fingerprint density at radius 3 is 1.55 bits per heavy atom. The van der Waals surface area contributed by atoms with Crippen LogP contribution in [0.3, 0.4) is 0 Å². The largest absolute Gasteiger partial charge is 0.340 e. The van der Waals surface area contributed by atoms with Gasteiger partial charge in [-0.3, -0.25) is 0 Å². The number of amides is 4. The molecule has 12 heteroatoms. The first kappa shape index (κ1) is 18.4. The Hall–Kier alpha value is -1.56. The number of carbonyl (C=O) groups excluding carboxylic acids is 2. The summed E-state index contributed by atoms with van der Waals surface area (Å²) in [5.74, 6) is 1.29. The zero-order valence-electron chi connectivity index (χ0n) is 11.1. The van der Waals surface area contributed by atoms with Gasteiger partial charge < -0.3 is 10.6 Å². The number of nitrogens with one attached hydrogen (secondary N) is 2. The van der Waals surface area contributed by atoms with Crippen molar-refractivity contribution in [3.63, 3.8) is 0 Å². The highest BCUT2D eigenvalue weighted by molar-refractivity contribution is 8.76. The molecule has 0 atom stereocenters. The second kappa shape index (κ2) is 11.3. The summed E-state index contributed by atoms with van der Waals surface area (Å²) in [6.45, 7) is 0.807. The lowest BCUT2D eigenvalue weighted by molar-refractivity contribution is 0.210. The molecule has 4 amide bonds. The molecule has 0 aromatic heterocycles. The smallest absolute Gasteiger partial charge is 0.336 e. The molecule has 0 aliphatic heterocycles. The van der Waals surface area contributed by atoms with E-state index in [0.29, 0.717) is 34.6 Å². The third kappa shape index (κ3) is 8.53. The minimum Gasteiger partial charge on any atom is -0.336 e. The summed E-state index contributed by atoms with van der Waals surface area (Å²) in [6.07, 6.45) is 0. The predicted molar refractivity (Wildman–Crippen MR) is 78.8 cm³/mol. The highest BCUT2D eigenvalue weighted by Gasteiger charge is 2.07. The average molecular weight is 324 g/mol. The molecule has 0 saturated carbocycles.